The second-order valence-electron chi connectivity index (χ2n) is 7.48. The molecule has 4 rings (SSSR count). The maximum absolute atomic E-state index is 13.5. The standard InChI is InChI=1S/C22H23N3O6/c1-12-6-4-5-7-16(12)25-21(27)18-19(13-8-14(29-2)10-15(9-13)30-3)24(11-17(23)26)31-20(18)22(25)28/h4-10,18-20H,11H2,1-3H3,(H2,23,26). The molecule has 2 fully saturated rings. The molecule has 31 heavy (non-hydrogen) atoms. The van der Waals surface area contributed by atoms with Gasteiger partial charge in [0.15, 0.2) is 6.10 Å². The Hall–Kier alpha value is -3.43. The highest BCUT2D eigenvalue weighted by atomic mass is 16.7. The van der Waals surface area contributed by atoms with Gasteiger partial charge in [-0.25, -0.2) is 4.90 Å². The number of methoxy groups -OCH3 is 2. The summed E-state index contributed by atoms with van der Waals surface area (Å²) in [5, 5.41) is 1.30. The van der Waals surface area contributed by atoms with Crippen LogP contribution in [0, 0.1) is 12.8 Å². The summed E-state index contributed by atoms with van der Waals surface area (Å²) in [5.74, 6) is -1.37. The van der Waals surface area contributed by atoms with Crippen molar-refractivity contribution in [3.05, 3.63) is 53.6 Å². The minimum absolute atomic E-state index is 0.276. The summed E-state index contributed by atoms with van der Waals surface area (Å²) in [6, 6.07) is 11.6. The molecule has 2 aliphatic rings. The molecule has 0 bridgehead atoms. The number of aryl methyl sites for hydroxylation is 1. The number of nitrogens with zero attached hydrogens (tertiary/aromatic N) is 2. The van der Waals surface area contributed by atoms with E-state index in [1.807, 2.05) is 19.1 Å². The number of rotatable bonds is 6. The van der Waals surface area contributed by atoms with Crippen LogP contribution >= 0.6 is 0 Å². The van der Waals surface area contributed by atoms with Gasteiger partial charge >= 0.3 is 0 Å². The average Bonchev–Trinajstić information content (AvgIpc) is 3.23. The molecule has 0 radical (unpaired) electrons. The fraction of sp³-hybridized carbons (Fsp3) is 0.318. The van der Waals surface area contributed by atoms with Gasteiger partial charge in [0.25, 0.3) is 5.91 Å². The number of primary amides is 1. The first-order valence-corrected chi connectivity index (χ1v) is 9.73. The maximum Gasteiger partial charge on any atom is 0.265 e. The van der Waals surface area contributed by atoms with Crippen molar-refractivity contribution < 1.29 is 28.7 Å². The van der Waals surface area contributed by atoms with Crippen molar-refractivity contribution in [2.45, 2.75) is 19.1 Å². The van der Waals surface area contributed by atoms with Gasteiger partial charge in [-0.2, -0.15) is 5.06 Å². The molecule has 0 aliphatic carbocycles. The molecule has 2 heterocycles. The zero-order valence-electron chi connectivity index (χ0n) is 17.4. The summed E-state index contributed by atoms with van der Waals surface area (Å²) in [6.07, 6.45) is -1.06. The third kappa shape index (κ3) is 3.51. The van der Waals surface area contributed by atoms with Crippen LogP contribution in [0.4, 0.5) is 5.69 Å². The number of hydrogen-bond donors (Lipinski definition) is 1. The molecule has 3 amide bonds. The Morgan fingerprint density at radius 1 is 1.06 bits per heavy atom. The van der Waals surface area contributed by atoms with Crippen molar-refractivity contribution in [2.75, 3.05) is 25.7 Å². The number of anilines is 1. The minimum atomic E-state index is -1.06. The molecule has 2 aliphatic heterocycles. The van der Waals surface area contributed by atoms with Gasteiger partial charge in [-0.05, 0) is 36.2 Å². The Bertz CT molecular complexity index is 1030. The summed E-state index contributed by atoms with van der Waals surface area (Å²) in [4.78, 5) is 45.3. The van der Waals surface area contributed by atoms with E-state index < -0.39 is 35.8 Å². The van der Waals surface area contributed by atoms with E-state index in [1.165, 1.54) is 19.3 Å². The maximum atomic E-state index is 13.5. The first-order valence-electron chi connectivity index (χ1n) is 9.73. The predicted octanol–water partition coefficient (Wildman–Crippen LogP) is 1.34. The highest BCUT2D eigenvalue weighted by Crippen LogP contribution is 2.47. The number of carbonyl (C=O) groups is 3. The first-order chi connectivity index (χ1) is 14.8. The number of hydrogen-bond acceptors (Lipinski definition) is 7. The smallest absolute Gasteiger partial charge is 0.265 e. The number of amides is 3. The van der Waals surface area contributed by atoms with Gasteiger partial charge in [-0.3, -0.25) is 19.2 Å². The highest BCUT2D eigenvalue weighted by molar-refractivity contribution is 6.24. The van der Waals surface area contributed by atoms with Gasteiger partial charge < -0.3 is 15.2 Å². The summed E-state index contributed by atoms with van der Waals surface area (Å²) in [6.45, 7) is 1.55. The number of carbonyl (C=O) groups excluding carboxylic acids is 3. The SMILES string of the molecule is COc1cc(OC)cc(C2C3C(=O)N(c4ccccc4C)C(=O)C3ON2CC(N)=O)c1. The molecule has 9 heteroatoms. The lowest BCUT2D eigenvalue weighted by Crippen LogP contribution is -2.40. The summed E-state index contributed by atoms with van der Waals surface area (Å²) >= 11 is 0. The van der Waals surface area contributed by atoms with Gasteiger partial charge in [0, 0.05) is 6.07 Å². The largest absolute Gasteiger partial charge is 0.497 e. The van der Waals surface area contributed by atoms with Crippen LogP contribution in [0.25, 0.3) is 0 Å². The van der Waals surface area contributed by atoms with Crippen molar-refractivity contribution >= 4 is 23.4 Å². The number of imide groups is 1. The van der Waals surface area contributed by atoms with Crippen LogP contribution in [0.15, 0.2) is 42.5 Å². The fourth-order valence-corrected chi connectivity index (χ4v) is 4.18. The molecule has 162 valence electrons. The van der Waals surface area contributed by atoms with Crippen molar-refractivity contribution in [3.63, 3.8) is 0 Å². The topological polar surface area (TPSA) is 111 Å². The lowest BCUT2D eigenvalue weighted by Gasteiger charge is -2.27. The third-order valence-corrected chi connectivity index (χ3v) is 5.58. The van der Waals surface area contributed by atoms with E-state index in [9.17, 15) is 14.4 Å². The van der Waals surface area contributed by atoms with E-state index in [4.69, 9.17) is 20.0 Å². The zero-order chi connectivity index (χ0) is 22.3. The van der Waals surface area contributed by atoms with E-state index in [2.05, 4.69) is 0 Å². The van der Waals surface area contributed by atoms with Crippen LogP contribution in [-0.4, -0.2) is 49.7 Å². The summed E-state index contributed by atoms with van der Waals surface area (Å²) < 4.78 is 10.7. The summed E-state index contributed by atoms with van der Waals surface area (Å²) in [7, 11) is 3.02. The molecule has 9 nitrogen and oxygen atoms in total. The van der Waals surface area contributed by atoms with Crippen LogP contribution in [0.2, 0.25) is 0 Å². The van der Waals surface area contributed by atoms with E-state index in [-0.39, 0.29) is 6.54 Å². The number of nitrogens with two attached hydrogens (primary N) is 1. The number of benzene rings is 2. The van der Waals surface area contributed by atoms with Gasteiger partial charge in [-0.15, -0.1) is 0 Å². The van der Waals surface area contributed by atoms with Crippen molar-refractivity contribution in [3.8, 4) is 11.5 Å². The van der Waals surface area contributed by atoms with Crippen molar-refractivity contribution in [2.24, 2.45) is 11.7 Å². The molecule has 2 N–H and O–H groups in total. The summed E-state index contributed by atoms with van der Waals surface area (Å²) in [5.41, 5.74) is 7.30. The van der Waals surface area contributed by atoms with Crippen molar-refractivity contribution in [1.82, 2.24) is 5.06 Å². The van der Waals surface area contributed by atoms with Crippen molar-refractivity contribution in [1.29, 1.82) is 0 Å². The lowest BCUT2D eigenvalue weighted by molar-refractivity contribution is -0.175. The van der Waals surface area contributed by atoms with Crippen LogP contribution in [0.3, 0.4) is 0 Å². The molecule has 2 aromatic rings. The van der Waals surface area contributed by atoms with Crippen LogP contribution < -0.4 is 20.1 Å². The number of ether oxygens (including phenoxy) is 2. The van der Waals surface area contributed by atoms with Crippen LogP contribution in [0.1, 0.15) is 17.2 Å². The molecule has 0 aromatic heterocycles. The monoisotopic (exact) mass is 425 g/mol. The molecule has 3 atom stereocenters. The number of para-hydroxylation sites is 1. The molecule has 2 aromatic carbocycles. The predicted molar refractivity (Wildman–Crippen MR) is 110 cm³/mol. The molecule has 2 saturated heterocycles. The fourth-order valence-electron chi connectivity index (χ4n) is 4.18. The second kappa shape index (κ2) is 8.01. The van der Waals surface area contributed by atoms with Gasteiger partial charge in [0.1, 0.15) is 18.0 Å². The quantitative estimate of drug-likeness (QED) is 0.695. The van der Waals surface area contributed by atoms with E-state index in [0.717, 1.165) is 10.5 Å². The van der Waals surface area contributed by atoms with E-state index in [0.29, 0.717) is 22.7 Å². The minimum Gasteiger partial charge on any atom is -0.497 e. The number of hydroxylamine groups is 2. The lowest BCUT2D eigenvalue weighted by atomic mass is 9.90. The van der Waals surface area contributed by atoms with Gasteiger partial charge in [0.2, 0.25) is 11.8 Å². The third-order valence-electron chi connectivity index (χ3n) is 5.58. The van der Waals surface area contributed by atoms with Gasteiger partial charge in [0.05, 0.1) is 31.9 Å². The Morgan fingerprint density at radius 3 is 2.29 bits per heavy atom. The Labute approximate surface area is 179 Å². The molecule has 0 spiro atoms. The first kappa shape index (κ1) is 20.8. The highest BCUT2D eigenvalue weighted by Gasteiger charge is 2.60. The van der Waals surface area contributed by atoms with Crippen LogP contribution in [0.5, 0.6) is 11.5 Å². The molecule has 0 saturated carbocycles. The Morgan fingerprint density at radius 2 is 1.71 bits per heavy atom. The Kier molecular flexibility index (Phi) is 5.38. The number of fused-ring (bicyclic) bond motifs is 1. The Balaban J connectivity index is 1.79. The molecular weight excluding hydrogens is 402 g/mol. The van der Waals surface area contributed by atoms with Gasteiger partial charge in [-0.1, -0.05) is 18.2 Å². The average molecular weight is 425 g/mol. The molecule has 3 unspecified atom stereocenters. The normalized spacial score (nSPS) is 23.2. The van der Waals surface area contributed by atoms with E-state index in [1.54, 1.807) is 30.3 Å². The second-order valence-corrected chi connectivity index (χ2v) is 7.48. The zero-order valence-corrected chi connectivity index (χ0v) is 17.4. The van der Waals surface area contributed by atoms with Crippen LogP contribution in [-0.2, 0) is 19.2 Å². The van der Waals surface area contributed by atoms with E-state index >= 15 is 0 Å². The molecular formula is C22H23N3O6.